The van der Waals surface area contributed by atoms with Crippen LogP contribution in [0.25, 0.3) is 31.8 Å². The third-order valence-corrected chi connectivity index (χ3v) is 7.73. The van der Waals surface area contributed by atoms with Crippen LogP contribution in [0.15, 0.2) is 121 Å². The van der Waals surface area contributed by atoms with Gasteiger partial charge in [0.15, 0.2) is 5.78 Å². The summed E-state index contributed by atoms with van der Waals surface area (Å²) in [7, 11) is 0. The Labute approximate surface area is 215 Å². The molecule has 0 spiro atoms. The molecule has 0 aliphatic rings. The lowest BCUT2D eigenvalue weighted by atomic mass is 9.92. The molecular weight excluding hydrogens is 456 g/mol. The molecule has 0 aliphatic heterocycles. The highest BCUT2D eigenvalue weighted by Crippen LogP contribution is 2.38. The molecule has 1 nitrogen and oxygen atoms in total. The summed E-state index contributed by atoms with van der Waals surface area (Å²) in [6.07, 6.45) is 2.29. The maximum absolute atomic E-state index is 13.0. The fourth-order valence-corrected chi connectivity index (χ4v) is 5.84. The molecule has 6 aromatic rings. The van der Waals surface area contributed by atoms with E-state index in [1.807, 2.05) is 53.8 Å². The van der Waals surface area contributed by atoms with Gasteiger partial charge in [0, 0.05) is 31.3 Å². The number of thiophene rings is 1. The van der Waals surface area contributed by atoms with E-state index in [-0.39, 0.29) is 5.78 Å². The van der Waals surface area contributed by atoms with Crippen molar-refractivity contribution in [1.29, 1.82) is 0 Å². The Morgan fingerprint density at radius 1 is 0.583 bits per heavy atom. The zero-order valence-electron chi connectivity index (χ0n) is 19.9. The number of rotatable bonds is 5. The number of carbonyl (C=O) groups is 1. The minimum atomic E-state index is 0.0394. The predicted octanol–water partition coefficient (Wildman–Crippen LogP) is 9.18. The first-order chi connectivity index (χ1) is 17.7. The van der Waals surface area contributed by atoms with Gasteiger partial charge in [0.2, 0.25) is 0 Å². The molecule has 0 saturated heterocycles. The van der Waals surface area contributed by atoms with Gasteiger partial charge in [-0.2, -0.15) is 0 Å². The Bertz CT molecular complexity index is 1720. The van der Waals surface area contributed by atoms with Gasteiger partial charge in [-0.05, 0) is 47.4 Å². The van der Waals surface area contributed by atoms with Crippen molar-refractivity contribution in [3.05, 3.63) is 155 Å². The molecule has 0 amide bonds. The van der Waals surface area contributed by atoms with E-state index >= 15 is 0 Å². The van der Waals surface area contributed by atoms with Gasteiger partial charge in [-0.1, -0.05) is 115 Å². The standard InChI is InChI=1S/C34H24OS/c1-23-14-16-24(17-15-23)30(25-18-20-27(21-19-25)34(35)26-8-3-2-4-9-26)22-28-10-7-13-32-33(28)29-11-5-6-12-31(29)36-32/h2-22H,1H3. The van der Waals surface area contributed by atoms with Crippen molar-refractivity contribution in [2.75, 3.05) is 0 Å². The highest BCUT2D eigenvalue weighted by Gasteiger charge is 2.13. The molecule has 1 heterocycles. The third-order valence-electron chi connectivity index (χ3n) is 6.59. The summed E-state index contributed by atoms with van der Waals surface area (Å²) in [6, 6.07) is 41.2. The fraction of sp³-hybridized carbons (Fsp3) is 0.0294. The van der Waals surface area contributed by atoms with Crippen molar-refractivity contribution >= 4 is 48.9 Å². The summed E-state index contributed by atoms with van der Waals surface area (Å²) in [6.45, 7) is 2.11. The molecule has 2 heteroatoms. The van der Waals surface area contributed by atoms with E-state index in [1.54, 1.807) is 0 Å². The van der Waals surface area contributed by atoms with Crippen LogP contribution < -0.4 is 0 Å². The van der Waals surface area contributed by atoms with Crippen molar-refractivity contribution in [2.24, 2.45) is 0 Å². The first kappa shape index (κ1) is 22.2. The van der Waals surface area contributed by atoms with E-state index in [0.29, 0.717) is 11.1 Å². The first-order valence-electron chi connectivity index (χ1n) is 12.1. The molecule has 0 N–H and O–H groups in total. The summed E-state index contributed by atoms with van der Waals surface area (Å²) in [4.78, 5) is 13.0. The van der Waals surface area contributed by atoms with Gasteiger partial charge in [-0.15, -0.1) is 11.3 Å². The smallest absolute Gasteiger partial charge is 0.193 e. The van der Waals surface area contributed by atoms with Crippen LogP contribution >= 0.6 is 11.3 Å². The second-order valence-corrected chi connectivity index (χ2v) is 10.1. The molecule has 5 aromatic carbocycles. The lowest BCUT2D eigenvalue weighted by molar-refractivity contribution is 0.103. The Hall–Kier alpha value is -4.27. The van der Waals surface area contributed by atoms with Gasteiger partial charge >= 0.3 is 0 Å². The minimum Gasteiger partial charge on any atom is -0.289 e. The van der Waals surface area contributed by atoms with Crippen LogP contribution in [0.4, 0.5) is 0 Å². The van der Waals surface area contributed by atoms with Gasteiger partial charge in [0.05, 0.1) is 0 Å². The highest BCUT2D eigenvalue weighted by molar-refractivity contribution is 7.25. The van der Waals surface area contributed by atoms with E-state index < -0.39 is 0 Å². The van der Waals surface area contributed by atoms with E-state index in [1.165, 1.54) is 31.3 Å². The number of hydrogen-bond acceptors (Lipinski definition) is 2. The summed E-state index contributed by atoms with van der Waals surface area (Å²) in [5.74, 6) is 0.0394. The Morgan fingerprint density at radius 2 is 1.17 bits per heavy atom. The van der Waals surface area contributed by atoms with Gasteiger partial charge in [0.25, 0.3) is 0 Å². The minimum absolute atomic E-state index is 0.0394. The van der Waals surface area contributed by atoms with Crippen molar-refractivity contribution in [1.82, 2.24) is 0 Å². The lowest BCUT2D eigenvalue weighted by Gasteiger charge is -2.11. The van der Waals surface area contributed by atoms with Crippen LogP contribution in [0.3, 0.4) is 0 Å². The Kier molecular flexibility index (Phi) is 5.80. The molecular formula is C34H24OS. The molecule has 0 unspecified atom stereocenters. The number of hydrogen-bond donors (Lipinski definition) is 0. The second-order valence-electron chi connectivity index (χ2n) is 9.02. The molecule has 0 aliphatic carbocycles. The fourth-order valence-electron chi connectivity index (χ4n) is 4.70. The molecule has 0 bridgehead atoms. The van der Waals surface area contributed by atoms with E-state index in [4.69, 9.17) is 0 Å². The molecule has 0 atom stereocenters. The Morgan fingerprint density at radius 3 is 1.92 bits per heavy atom. The van der Waals surface area contributed by atoms with E-state index in [2.05, 4.69) is 91.9 Å². The lowest BCUT2D eigenvalue weighted by Crippen LogP contribution is -2.01. The van der Waals surface area contributed by atoms with Gasteiger partial charge in [-0.3, -0.25) is 4.79 Å². The van der Waals surface area contributed by atoms with Crippen LogP contribution in [-0.2, 0) is 0 Å². The average molecular weight is 481 g/mol. The van der Waals surface area contributed by atoms with E-state index in [0.717, 1.165) is 16.7 Å². The number of benzene rings is 5. The van der Waals surface area contributed by atoms with Crippen LogP contribution in [0.2, 0.25) is 0 Å². The topological polar surface area (TPSA) is 17.1 Å². The molecule has 0 fully saturated rings. The van der Waals surface area contributed by atoms with Crippen LogP contribution in [0, 0.1) is 6.92 Å². The molecule has 1 aromatic heterocycles. The number of aryl methyl sites for hydroxylation is 1. The maximum atomic E-state index is 13.0. The SMILES string of the molecule is Cc1ccc(C(=Cc2cccc3sc4ccccc4c23)c2ccc(C(=O)c3ccccc3)cc2)cc1. The van der Waals surface area contributed by atoms with Gasteiger partial charge in [0.1, 0.15) is 0 Å². The average Bonchev–Trinajstić information content (AvgIpc) is 3.32. The monoisotopic (exact) mass is 480 g/mol. The largest absolute Gasteiger partial charge is 0.289 e. The molecule has 0 saturated carbocycles. The quantitative estimate of drug-likeness (QED) is 0.178. The molecule has 0 radical (unpaired) electrons. The third kappa shape index (κ3) is 4.17. The summed E-state index contributed by atoms with van der Waals surface area (Å²) < 4.78 is 2.59. The van der Waals surface area contributed by atoms with Crippen LogP contribution in [0.5, 0.6) is 0 Å². The zero-order chi connectivity index (χ0) is 24.5. The van der Waals surface area contributed by atoms with Gasteiger partial charge in [-0.25, -0.2) is 0 Å². The number of carbonyl (C=O) groups excluding carboxylic acids is 1. The highest BCUT2D eigenvalue weighted by atomic mass is 32.1. The predicted molar refractivity (Wildman–Crippen MR) is 154 cm³/mol. The maximum Gasteiger partial charge on any atom is 0.193 e. The zero-order valence-corrected chi connectivity index (χ0v) is 20.8. The van der Waals surface area contributed by atoms with Crippen LogP contribution in [-0.4, -0.2) is 5.78 Å². The summed E-state index contributed by atoms with van der Waals surface area (Å²) in [5, 5.41) is 2.58. The Balaban J connectivity index is 1.49. The van der Waals surface area contributed by atoms with Crippen molar-refractivity contribution in [2.45, 2.75) is 6.92 Å². The van der Waals surface area contributed by atoms with Crippen LogP contribution in [0.1, 0.15) is 38.2 Å². The van der Waals surface area contributed by atoms with E-state index in [9.17, 15) is 4.79 Å². The molecule has 36 heavy (non-hydrogen) atoms. The number of fused-ring (bicyclic) bond motifs is 3. The van der Waals surface area contributed by atoms with Crippen molar-refractivity contribution in [3.63, 3.8) is 0 Å². The summed E-state index contributed by atoms with van der Waals surface area (Å²) >= 11 is 1.83. The molecule has 172 valence electrons. The normalized spacial score (nSPS) is 11.8. The van der Waals surface area contributed by atoms with Crippen molar-refractivity contribution < 1.29 is 4.79 Å². The first-order valence-corrected chi connectivity index (χ1v) is 12.9. The number of ketones is 1. The second kappa shape index (κ2) is 9.41. The van der Waals surface area contributed by atoms with Gasteiger partial charge < -0.3 is 0 Å². The summed E-state index contributed by atoms with van der Waals surface area (Å²) in [5.41, 5.74) is 7.20. The van der Waals surface area contributed by atoms with Crippen molar-refractivity contribution in [3.8, 4) is 0 Å². The molecule has 6 rings (SSSR count).